The first-order chi connectivity index (χ1) is 14.5. The summed E-state index contributed by atoms with van der Waals surface area (Å²) in [6, 6.07) is 22.3. The van der Waals surface area contributed by atoms with E-state index in [1.807, 2.05) is 12.1 Å². The zero-order valence-corrected chi connectivity index (χ0v) is 19.5. The van der Waals surface area contributed by atoms with Crippen LogP contribution in [0.5, 0.6) is 11.5 Å². The summed E-state index contributed by atoms with van der Waals surface area (Å²) in [4.78, 5) is 3.78. The Morgan fingerprint density at radius 2 is 1.37 bits per heavy atom. The molecule has 160 valence electrons. The van der Waals surface area contributed by atoms with Gasteiger partial charge in [0.25, 0.3) is 0 Å². The van der Waals surface area contributed by atoms with Crippen LogP contribution in [-0.2, 0) is 0 Å². The van der Waals surface area contributed by atoms with Crippen LogP contribution in [0.15, 0.2) is 66.0 Å². The molecule has 0 radical (unpaired) electrons. The fourth-order valence-electron chi connectivity index (χ4n) is 3.91. The molecule has 2 aromatic carbocycles. The Bertz CT molecular complexity index is 862. The van der Waals surface area contributed by atoms with Crippen molar-refractivity contribution in [3.05, 3.63) is 82.0 Å². The van der Waals surface area contributed by atoms with Crippen LogP contribution in [0.1, 0.15) is 49.6 Å². The van der Waals surface area contributed by atoms with Crippen molar-refractivity contribution >= 4 is 11.3 Å². The summed E-state index contributed by atoms with van der Waals surface area (Å²) < 4.78 is 11.4. The van der Waals surface area contributed by atoms with E-state index in [0.717, 1.165) is 18.0 Å². The first-order valence-electron chi connectivity index (χ1n) is 10.7. The lowest BCUT2D eigenvalue weighted by molar-refractivity contribution is 0.142. The monoisotopic (exact) mass is 423 g/mol. The minimum absolute atomic E-state index is 0.210. The van der Waals surface area contributed by atoms with E-state index >= 15 is 0 Å². The summed E-state index contributed by atoms with van der Waals surface area (Å²) in [6.45, 7) is 10.6. The van der Waals surface area contributed by atoms with Crippen LogP contribution in [0.25, 0.3) is 0 Å². The molecule has 0 spiro atoms. The topological polar surface area (TPSA) is 21.7 Å². The number of methoxy groups -OCH3 is 1. The third-order valence-corrected chi connectivity index (χ3v) is 6.37. The number of hydrogen-bond donors (Lipinski definition) is 0. The Hall–Kier alpha value is -2.30. The Kier molecular flexibility index (Phi) is 7.94. The van der Waals surface area contributed by atoms with Gasteiger partial charge in [-0.1, -0.05) is 30.3 Å². The fraction of sp³-hybridized carbons (Fsp3) is 0.385. The highest BCUT2D eigenvalue weighted by Crippen LogP contribution is 2.36. The lowest BCUT2D eigenvalue weighted by Crippen LogP contribution is -2.39. The minimum Gasteiger partial charge on any atom is -0.497 e. The highest BCUT2D eigenvalue weighted by molar-refractivity contribution is 7.10. The second-order valence-corrected chi connectivity index (χ2v) is 9.04. The van der Waals surface area contributed by atoms with E-state index < -0.39 is 0 Å². The molecule has 1 atom stereocenters. The Labute approximate surface area is 185 Å². The van der Waals surface area contributed by atoms with Gasteiger partial charge in [0.15, 0.2) is 0 Å². The van der Waals surface area contributed by atoms with Crippen LogP contribution in [-0.4, -0.2) is 37.2 Å². The molecule has 0 aliphatic carbocycles. The number of ether oxygens (including phenoxy) is 2. The van der Waals surface area contributed by atoms with Crippen LogP contribution in [0, 0.1) is 0 Å². The van der Waals surface area contributed by atoms with Crippen molar-refractivity contribution in [1.82, 2.24) is 4.90 Å². The smallest absolute Gasteiger partial charge is 0.119 e. The molecule has 0 saturated carbocycles. The number of thiophene rings is 1. The summed E-state index contributed by atoms with van der Waals surface area (Å²) in [6.07, 6.45) is 0. The van der Waals surface area contributed by atoms with Gasteiger partial charge in [-0.2, -0.15) is 0 Å². The van der Waals surface area contributed by atoms with Crippen molar-refractivity contribution in [2.45, 2.75) is 45.7 Å². The van der Waals surface area contributed by atoms with E-state index in [9.17, 15) is 0 Å². The van der Waals surface area contributed by atoms with Gasteiger partial charge in [-0.25, -0.2) is 0 Å². The zero-order chi connectivity index (χ0) is 21.5. The van der Waals surface area contributed by atoms with Crippen LogP contribution < -0.4 is 9.47 Å². The molecule has 0 saturated heterocycles. The Morgan fingerprint density at radius 3 is 1.83 bits per heavy atom. The molecule has 30 heavy (non-hydrogen) atoms. The summed E-state index contributed by atoms with van der Waals surface area (Å²) in [5.41, 5.74) is 2.53. The van der Waals surface area contributed by atoms with Gasteiger partial charge in [0, 0.05) is 29.4 Å². The minimum atomic E-state index is 0.210. The number of hydrogen-bond acceptors (Lipinski definition) is 4. The standard InChI is InChI=1S/C26H33NO2S/c1-19(2)27(20(3)4)16-17-29-24-14-10-22(11-15-24)26(25-7-6-18-30-25)21-8-12-23(28-5)13-9-21/h6-15,18-20,26H,16-17H2,1-5H3/t26-/m0/s1. The molecule has 4 heteroatoms. The quantitative estimate of drug-likeness (QED) is 0.375. The average molecular weight is 424 g/mol. The maximum atomic E-state index is 6.04. The van der Waals surface area contributed by atoms with Crippen LogP contribution in [0.3, 0.4) is 0 Å². The molecule has 1 heterocycles. The first-order valence-corrected chi connectivity index (χ1v) is 11.5. The van der Waals surface area contributed by atoms with Crippen molar-refractivity contribution in [2.24, 2.45) is 0 Å². The van der Waals surface area contributed by atoms with Gasteiger partial charge in [-0.05, 0) is 74.5 Å². The molecular weight excluding hydrogens is 390 g/mol. The largest absolute Gasteiger partial charge is 0.497 e. The maximum absolute atomic E-state index is 6.04. The van der Waals surface area contributed by atoms with Crippen LogP contribution in [0.4, 0.5) is 0 Å². The number of nitrogens with zero attached hydrogens (tertiary/aromatic N) is 1. The van der Waals surface area contributed by atoms with Gasteiger partial charge in [-0.3, -0.25) is 4.90 Å². The number of rotatable bonds is 10. The molecule has 0 aliphatic heterocycles. The van der Waals surface area contributed by atoms with E-state index in [1.165, 1.54) is 16.0 Å². The average Bonchev–Trinajstić information content (AvgIpc) is 3.26. The van der Waals surface area contributed by atoms with Crippen LogP contribution >= 0.6 is 11.3 Å². The molecule has 3 rings (SSSR count). The van der Waals surface area contributed by atoms with Gasteiger partial charge < -0.3 is 9.47 Å². The summed E-state index contributed by atoms with van der Waals surface area (Å²) in [5.74, 6) is 2.01. The molecule has 0 fully saturated rings. The molecule has 0 unspecified atom stereocenters. The van der Waals surface area contributed by atoms with E-state index in [4.69, 9.17) is 9.47 Å². The van der Waals surface area contributed by atoms with E-state index in [0.29, 0.717) is 18.7 Å². The Balaban J connectivity index is 1.73. The second kappa shape index (κ2) is 10.6. The highest BCUT2D eigenvalue weighted by atomic mass is 32.1. The highest BCUT2D eigenvalue weighted by Gasteiger charge is 2.18. The molecule has 3 aromatic rings. The lowest BCUT2D eigenvalue weighted by Gasteiger charge is -2.30. The van der Waals surface area contributed by atoms with Crippen LogP contribution in [0.2, 0.25) is 0 Å². The van der Waals surface area contributed by atoms with Gasteiger partial charge >= 0.3 is 0 Å². The van der Waals surface area contributed by atoms with Gasteiger partial charge in [0.05, 0.1) is 7.11 Å². The third-order valence-electron chi connectivity index (χ3n) is 5.44. The number of benzene rings is 2. The van der Waals surface area contributed by atoms with E-state index in [-0.39, 0.29) is 5.92 Å². The van der Waals surface area contributed by atoms with Gasteiger partial charge in [0.2, 0.25) is 0 Å². The second-order valence-electron chi connectivity index (χ2n) is 8.06. The zero-order valence-electron chi connectivity index (χ0n) is 18.7. The van der Waals surface area contributed by atoms with E-state index in [2.05, 4.69) is 86.5 Å². The molecule has 1 aromatic heterocycles. The SMILES string of the molecule is COc1ccc([C@@H](c2ccc(OCCN(C(C)C)C(C)C)cc2)c2cccs2)cc1. The molecular formula is C26H33NO2S. The summed E-state index contributed by atoms with van der Waals surface area (Å²) in [7, 11) is 1.70. The molecule has 0 aliphatic rings. The molecule has 3 nitrogen and oxygen atoms in total. The normalized spacial score (nSPS) is 12.5. The van der Waals surface area contributed by atoms with Gasteiger partial charge in [-0.15, -0.1) is 11.3 Å². The molecule has 0 bridgehead atoms. The third kappa shape index (κ3) is 5.65. The van der Waals surface area contributed by atoms with Crippen molar-refractivity contribution in [3.63, 3.8) is 0 Å². The van der Waals surface area contributed by atoms with Crippen molar-refractivity contribution < 1.29 is 9.47 Å². The van der Waals surface area contributed by atoms with Gasteiger partial charge in [0.1, 0.15) is 18.1 Å². The lowest BCUT2D eigenvalue weighted by atomic mass is 9.90. The van der Waals surface area contributed by atoms with E-state index in [1.54, 1.807) is 18.4 Å². The molecule has 0 N–H and O–H groups in total. The predicted molar refractivity (Wildman–Crippen MR) is 127 cm³/mol. The first kappa shape index (κ1) is 22.4. The fourth-order valence-corrected chi connectivity index (χ4v) is 4.79. The molecule has 0 amide bonds. The Morgan fingerprint density at radius 1 is 0.800 bits per heavy atom. The predicted octanol–water partition coefficient (Wildman–Crippen LogP) is 6.43. The van der Waals surface area contributed by atoms with Crippen molar-refractivity contribution in [2.75, 3.05) is 20.3 Å². The summed E-state index contributed by atoms with van der Waals surface area (Å²) >= 11 is 1.79. The van der Waals surface area contributed by atoms with Crippen molar-refractivity contribution in [3.8, 4) is 11.5 Å². The van der Waals surface area contributed by atoms with Crippen molar-refractivity contribution in [1.29, 1.82) is 0 Å². The maximum Gasteiger partial charge on any atom is 0.119 e. The summed E-state index contributed by atoms with van der Waals surface area (Å²) in [5, 5.41) is 2.14.